The Labute approximate surface area is 188 Å². The van der Waals surface area contributed by atoms with Crippen LogP contribution >= 0.6 is 0 Å². The number of anilines is 1. The van der Waals surface area contributed by atoms with E-state index in [2.05, 4.69) is 46.9 Å². The second kappa shape index (κ2) is 6.84. The lowest BCUT2D eigenvalue weighted by molar-refractivity contribution is -0.00615. The van der Waals surface area contributed by atoms with Crippen LogP contribution in [0, 0.1) is 17.8 Å². The van der Waals surface area contributed by atoms with Crippen LogP contribution in [-0.2, 0) is 11.8 Å². The summed E-state index contributed by atoms with van der Waals surface area (Å²) in [6.07, 6.45) is 9.36. The number of hydrogen-bond donors (Lipinski definition) is 1. The zero-order valence-electron chi connectivity index (χ0n) is 18.6. The van der Waals surface area contributed by atoms with Crippen molar-refractivity contribution in [2.75, 3.05) is 19.0 Å². The molecule has 1 N–H and O–H groups in total. The fraction of sp³-hybridized carbons (Fsp3) is 0.481. The van der Waals surface area contributed by atoms with Gasteiger partial charge in [0.2, 0.25) is 5.82 Å². The number of fused-ring (bicyclic) bond motifs is 1. The molecule has 5 heteroatoms. The molecule has 164 valence electrons. The Morgan fingerprint density at radius 3 is 2.47 bits per heavy atom. The van der Waals surface area contributed by atoms with E-state index in [0.29, 0.717) is 17.1 Å². The van der Waals surface area contributed by atoms with Crippen molar-refractivity contribution >= 4 is 5.69 Å². The lowest BCUT2D eigenvalue weighted by Gasteiger charge is -2.57. The summed E-state index contributed by atoms with van der Waals surface area (Å²) in [6, 6.07) is 12.9. The molecule has 4 aliphatic carbocycles. The molecule has 2 heterocycles. The molecule has 2 aromatic carbocycles. The average Bonchev–Trinajstić information content (AvgIpc) is 3.47. The Morgan fingerprint density at radius 1 is 0.969 bits per heavy atom. The predicted molar refractivity (Wildman–Crippen MR) is 124 cm³/mol. The van der Waals surface area contributed by atoms with Gasteiger partial charge in [-0.25, -0.2) is 0 Å². The van der Waals surface area contributed by atoms with Gasteiger partial charge in [-0.15, -0.1) is 0 Å². The van der Waals surface area contributed by atoms with Gasteiger partial charge in [0.15, 0.2) is 0 Å². The number of rotatable bonds is 4. The summed E-state index contributed by atoms with van der Waals surface area (Å²) < 4.78 is 11.6. The molecule has 0 saturated heterocycles. The van der Waals surface area contributed by atoms with E-state index in [0.717, 1.165) is 47.6 Å². The van der Waals surface area contributed by atoms with Gasteiger partial charge in [0, 0.05) is 28.9 Å². The molecular weight excluding hydrogens is 398 g/mol. The van der Waals surface area contributed by atoms with E-state index >= 15 is 0 Å². The Balaban J connectivity index is 1.22. The van der Waals surface area contributed by atoms with Crippen LogP contribution in [-0.4, -0.2) is 23.8 Å². The number of benzene rings is 2. The third kappa shape index (κ3) is 2.83. The van der Waals surface area contributed by atoms with Crippen LogP contribution in [0.15, 0.2) is 40.9 Å². The number of methoxy groups -OCH3 is 1. The summed E-state index contributed by atoms with van der Waals surface area (Å²) in [7, 11) is 1.79. The van der Waals surface area contributed by atoms with Gasteiger partial charge in [-0.3, -0.25) is 0 Å². The SMILES string of the molecule is COc1cc(-c2nc(-c3ccc4c(c3)CCN4)no2)ccc1C12CC3CC(CC(C3)C1)C2. The highest BCUT2D eigenvalue weighted by molar-refractivity contribution is 5.67. The summed E-state index contributed by atoms with van der Waals surface area (Å²) in [5, 5.41) is 7.67. The Bertz CT molecular complexity index is 1160. The molecule has 0 amide bonds. The molecule has 4 saturated carbocycles. The van der Waals surface area contributed by atoms with Crippen LogP contribution in [0.2, 0.25) is 0 Å². The van der Waals surface area contributed by atoms with E-state index in [4.69, 9.17) is 14.2 Å². The molecule has 1 aliphatic heterocycles. The van der Waals surface area contributed by atoms with E-state index in [9.17, 15) is 0 Å². The van der Waals surface area contributed by atoms with Gasteiger partial charge in [-0.05, 0) is 104 Å². The van der Waals surface area contributed by atoms with E-state index in [1.165, 1.54) is 55.3 Å². The van der Waals surface area contributed by atoms with E-state index in [-0.39, 0.29) is 0 Å². The highest BCUT2D eigenvalue weighted by Crippen LogP contribution is 2.62. The Hall–Kier alpha value is -2.82. The summed E-state index contributed by atoms with van der Waals surface area (Å²) >= 11 is 0. The van der Waals surface area contributed by atoms with Crippen LogP contribution < -0.4 is 10.1 Å². The standard InChI is InChI=1S/C27H29N3O2/c1-31-24-12-21(2-4-22(24)27-13-16-8-17(14-27)10-18(9-16)15-27)26-29-25(30-32-26)20-3-5-23-19(11-20)6-7-28-23/h2-5,11-12,16-18,28H,6-10,13-15H2,1H3. The van der Waals surface area contributed by atoms with Crippen molar-refractivity contribution in [3.8, 4) is 28.6 Å². The van der Waals surface area contributed by atoms with Crippen molar-refractivity contribution in [2.45, 2.75) is 50.4 Å². The molecule has 5 aliphatic rings. The lowest BCUT2D eigenvalue weighted by Crippen LogP contribution is -2.48. The fourth-order valence-electron chi connectivity index (χ4n) is 7.60. The maximum absolute atomic E-state index is 5.94. The summed E-state index contributed by atoms with van der Waals surface area (Å²) in [6.45, 7) is 0.992. The maximum Gasteiger partial charge on any atom is 0.258 e. The first-order chi connectivity index (χ1) is 15.7. The maximum atomic E-state index is 5.94. The minimum Gasteiger partial charge on any atom is -0.496 e. The van der Waals surface area contributed by atoms with Crippen LogP contribution in [0.25, 0.3) is 22.8 Å². The molecule has 0 atom stereocenters. The van der Waals surface area contributed by atoms with Gasteiger partial charge in [0.25, 0.3) is 5.89 Å². The normalized spacial score (nSPS) is 29.7. The molecule has 3 aromatic rings. The number of ether oxygens (including phenoxy) is 1. The van der Waals surface area contributed by atoms with E-state index in [1.54, 1.807) is 7.11 Å². The first kappa shape index (κ1) is 18.7. The summed E-state index contributed by atoms with van der Waals surface area (Å²) in [4.78, 5) is 4.72. The highest BCUT2D eigenvalue weighted by Gasteiger charge is 2.52. The Morgan fingerprint density at radius 2 is 1.72 bits per heavy atom. The van der Waals surface area contributed by atoms with Gasteiger partial charge in [-0.2, -0.15) is 4.98 Å². The molecule has 4 bridgehead atoms. The number of nitrogens with zero attached hydrogens (tertiary/aromatic N) is 2. The zero-order chi connectivity index (χ0) is 21.3. The molecule has 0 spiro atoms. The van der Waals surface area contributed by atoms with Crippen LogP contribution in [0.5, 0.6) is 5.75 Å². The third-order valence-corrected chi connectivity index (χ3v) is 8.56. The minimum atomic E-state index is 0.303. The zero-order valence-corrected chi connectivity index (χ0v) is 18.6. The summed E-state index contributed by atoms with van der Waals surface area (Å²) in [5.74, 6) is 4.89. The molecule has 0 unspecified atom stereocenters. The largest absolute Gasteiger partial charge is 0.496 e. The van der Waals surface area contributed by atoms with Gasteiger partial charge < -0.3 is 14.6 Å². The van der Waals surface area contributed by atoms with Crippen molar-refractivity contribution in [1.29, 1.82) is 0 Å². The average molecular weight is 428 g/mol. The van der Waals surface area contributed by atoms with Crippen LogP contribution in [0.1, 0.15) is 49.7 Å². The second-order valence-electron chi connectivity index (χ2n) is 10.6. The van der Waals surface area contributed by atoms with E-state index < -0.39 is 0 Å². The molecule has 32 heavy (non-hydrogen) atoms. The number of nitrogens with one attached hydrogen (secondary N) is 1. The number of hydrogen-bond acceptors (Lipinski definition) is 5. The quantitative estimate of drug-likeness (QED) is 0.566. The minimum absolute atomic E-state index is 0.303. The molecule has 0 radical (unpaired) electrons. The fourth-order valence-corrected chi connectivity index (χ4v) is 7.60. The van der Waals surface area contributed by atoms with Crippen molar-refractivity contribution in [1.82, 2.24) is 10.1 Å². The van der Waals surface area contributed by atoms with E-state index in [1.807, 2.05) is 0 Å². The monoisotopic (exact) mass is 427 g/mol. The first-order valence-corrected chi connectivity index (χ1v) is 12.1. The van der Waals surface area contributed by atoms with Gasteiger partial charge in [0.05, 0.1) is 7.11 Å². The van der Waals surface area contributed by atoms with Gasteiger partial charge >= 0.3 is 0 Å². The number of aromatic nitrogens is 2. The molecule has 1 aromatic heterocycles. The van der Waals surface area contributed by atoms with Crippen LogP contribution in [0.4, 0.5) is 5.69 Å². The van der Waals surface area contributed by atoms with Crippen molar-refractivity contribution in [3.05, 3.63) is 47.5 Å². The van der Waals surface area contributed by atoms with Crippen molar-refractivity contribution < 1.29 is 9.26 Å². The molecular formula is C27H29N3O2. The first-order valence-electron chi connectivity index (χ1n) is 12.1. The lowest BCUT2D eigenvalue weighted by atomic mass is 9.48. The third-order valence-electron chi connectivity index (χ3n) is 8.56. The van der Waals surface area contributed by atoms with Crippen LogP contribution in [0.3, 0.4) is 0 Å². The van der Waals surface area contributed by atoms with Crippen molar-refractivity contribution in [3.63, 3.8) is 0 Å². The van der Waals surface area contributed by atoms with Gasteiger partial charge in [0.1, 0.15) is 5.75 Å². The molecule has 4 fully saturated rings. The molecule has 5 nitrogen and oxygen atoms in total. The smallest absolute Gasteiger partial charge is 0.258 e. The summed E-state index contributed by atoms with van der Waals surface area (Å²) in [5.41, 5.74) is 6.15. The predicted octanol–water partition coefficient (Wildman–Crippen LogP) is 5.85. The second-order valence-corrected chi connectivity index (χ2v) is 10.6. The highest BCUT2D eigenvalue weighted by atomic mass is 16.5. The van der Waals surface area contributed by atoms with Crippen molar-refractivity contribution in [2.24, 2.45) is 17.8 Å². The Kier molecular flexibility index (Phi) is 4.00. The van der Waals surface area contributed by atoms with Gasteiger partial charge in [-0.1, -0.05) is 11.2 Å². The topological polar surface area (TPSA) is 60.2 Å². The molecule has 8 rings (SSSR count).